The van der Waals surface area contributed by atoms with Crippen molar-refractivity contribution >= 4 is 0 Å². The second-order valence-corrected chi connectivity index (χ2v) is 5.21. The molecule has 0 saturated carbocycles. The van der Waals surface area contributed by atoms with Gasteiger partial charge in [-0.25, -0.2) is 4.98 Å². The quantitative estimate of drug-likeness (QED) is 0.854. The number of imidazole rings is 1. The fourth-order valence-electron chi connectivity index (χ4n) is 2.39. The van der Waals surface area contributed by atoms with Gasteiger partial charge in [-0.05, 0) is 17.7 Å². The van der Waals surface area contributed by atoms with Crippen molar-refractivity contribution in [2.45, 2.75) is 19.4 Å². The standard InChI is InChI=1S/C16H21N3O2/c1-19-8-7-18-16(19)5-6-17-12-13-3-4-14-15(11-13)21-10-2-9-20-14/h3-4,7-8,11,17H,2,5-6,9-10,12H2,1H3. The third-order valence-corrected chi connectivity index (χ3v) is 3.59. The van der Waals surface area contributed by atoms with Crippen LogP contribution in [0.15, 0.2) is 30.6 Å². The van der Waals surface area contributed by atoms with E-state index in [0.717, 1.165) is 56.5 Å². The molecule has 0 aliphatic carbocycles. The fraction of sp³-hybridized carbons (Fsp3) is 0.438. The molecule has 2 aromatic rings. The number of hydrogen-bond acceptors (Lipinski definition) is 4. The summed E-state index contributed by atoms with van der Waals surface area (Å²) < 4.78 is 13.4. The van der Waals surface area contributed by atoms with Crippen molar-refractivity contribution in [3.8, 4) is 11.5 Å². The summed E-state index contributed by atoms with van der Waals surface area (Å²) in [6.07, 6.45) is 5.66. The number of benzene rings is 1. The van der Waals surface area contributed by atoms with Crippen molar-refractivity contribution in [3.05, 3.63) is 42.0 Å². The second-order valence-electron chi connectivity index (χ2n) is 5.21. The van der Waals surface area contributed by atoms with E-state index in [4.69, 9.17) is 9.47 Å². The van der Waals surface area contributed by atoms with E-state index in [1.807, 2.05) is 25.5 Å². The van der Waals surface area contributed by atoms with Gasteiger partial charge in [-0.3, -0.25) is 0 Å². The summed E-state index contributed by atoms with van der Waals surface area (Å²) >= 11 is 0. The maximum atomic E-state index is 5.70. The highest BCUT2D eigenvalue weighted by Gasteiger charge is 2.10. The van der Waals surface area contributed by atoms with Gasteiger partial charge in [-0.1, -0.05) is 6.07 Å². The summed E-state index contributed by atoms with van der Waals surface area (Å²) in [5.74, 6) is 2.81. The van der Waals surface area contributed by atoms with Gasteiger partial charge >= 0.3 is 0 Å². The van der Waals surface area contributed by atoms with Gasteiger partial charge < -0.3 is 19.4 Å². The molecule has 21 heavy (non-hydrogen) atoms. The molecule has 2 heterocycles. The van der Waals surface area contributed by atoms with Crippen LogP contribution in [-0.4, -0.2) is 29.3 Å². The highest BCUT2D eigenvalue weighted by molar-refractivity contribution is 5.43. The minimum atomic E-state index is 0.725. The van der Waals surface area contributed by atoms with E-state index in [9.17, 15) is 0 Å². The maximum absolute atomic E-state index is 5.70. The van der Waals surface area contributed by atoms with Crippen LogP contribution in [0.5, 0.6) is 11.5 Å². The van der Waals surface area contributed by atoms with E-state index in [2.05, 4.69) is 27.0 Å². The Morgan fingerprint density at radius 1 is 1.24 bits per heavy atom. The molecule has 0 radical (unpaired) electrons. The van der Waals surface area contributed by atoms with E-state index in [0.29, 0.717) is 0 Å². The summed E-state index contributed by atoms with van der Waals surface area (Å²) in [6, 6.07) is 6.14. The van der Waals surface area contributed by atoms with Gasteiger partial charge in [0.1, 0.15) is 5.82 Å². The molecular formula is C16H21N3O2. The van der Waals surface area contributed by atoms with Crippen LogP contribution in [-0.2, 0) is 20.0 Å². The SMILES string of the molecule is Cn1ccnc1CCNCc1ccc2c(c1)OCCCO2. The van der Waals surface area contributed by atoms with Crippen molar-refractivity contribution in [2.24, 2.45) is 7.05 Å². The summed E-state index contributed by atoms with van der Waals surface area (Å²) in [5, 5.41) is 3.44. The number of nitrogens with one attached hydrogen (secondary N) is 1. The van der Waals surface area contributed by atoms with Crippen LogP contribution in [0.25, 0.3) is 0 Å². The predicted molar refractivity (Wildman–Crippen MR) is 80.7 cm³/mol. The molecule has 0 amide bonds. The van der Waals surface area contributed by atoms with Gasteiger partial charge in [-0.15, -0.1) is 0 Å². The first kappa shape index (κ1) is 13.9. The fourth-order valence-corrected chi connectivity index (χ4v) is 2.39. The number of hydrogen-bond donors (Lipinski definition) is 1. The molecule has 0 fully saturated rings. The molecule has 1 aromatic carbocycles. The molecule has 3 rings (SSSR count). The van der Waals surface area contributed by atoms with E-state index in [1.165, 1.54) is 5.56 Å². The molecule has 5 nitrogen and oxygen atoms in total. The number of nitrogens with zero attached hydrogens (tertiary/aromatic N) is 2. The molecule has 1 aromatic heterocycles. The average molecular weight is 287 g/mol. The Labute approximate surface area is 124 Å². The molecule has 5 heteroatoms. The van der Waals surface area contributed by atoms with Crippen molar-refractivity contribution in [3.63, 3.8) is 0 Å². The molecule has 1 N–H and O–H groups in total. The van der Waals surface area contributed by atoms with Crippen LogP contribution in [0.3, 0.4) is 0 Å². The lowest BCUT2D eigenvalue weighted by molar-refractivity contribution is 0.297. The van der Waals surface area contributed by atoms with Crippen LogP contribution in [0, 0.1) is 0 Å². The van der Waals surface area contributed by atoms with Gasteiger partial charge in [0.05, 0.1) is 13.2 Å². The van der Waals surface area contributed by atoms with Crippen LogP contribution in [0.1, 0.15) is 17.8 Å². The largest absolute Gasteiger partial charge is 0.490 e. The van der Waals surface area contributed by atoms with Crippen LogP contribution >= 0.6 is 0 Å². The normalized spacial score (nSPS) is 14.0. The van der Waals surface area contributed by atoms with E-state index in [-0.39, 0.29) is 0 Å². The molecule has 0 unspecified atom stereocenters. The van der Waals surface area contributed by atoms with Gasteiger partial charge in [0, 0.05) is 45.4 Å². The molecule has 112 valence electrons. The number of rotatable bonds is 5. The van der Waals surface area contributed by atoms with Crippen molar-refractivity contribution in [2.75, 3.05) is 19.8 Å². The molecule has 0 saturated heterocycles. The number of fused-ring (bicyclic) bond motifs is 1. The number of ether oxygens (including phenoxy) is 2. The highest BCUT2D eigenvalue weighted by Crippen LogP contribution is 2.30. The zero-order valence-electron chi connectivity index (χ0n) is 12.3. The zero-order valence-corrected chi connectivity index (χ0v) is 12.3. The van der Waals surface area contributed by atoms with E-state index in [1.54, 1.807) is 0 Å². The zero-order chi connectivity index (χ0) is 14.5. The number of aryl methyl sites for hydroxylation is 1. The molecule has 0 spiro atoms. The second kappa shape index (κ2) is 6.63. The van der Waals surface area contributed by atoms with Gasteiger partial charge in [0.25, 0.3) is 0 Å². The van der Waals surface area contributed by atoms with Crippen LogP contribution < -0.4 is 14.8 Å². The molecule has 0 bridgehead atoms. The molecule has 0 atom stereocenters. The van der Waals surface area contributed by atoms with E-state index < -0.39 is 0 Å². The number of aromatic nitrogens is 2. The Morgan fingerprint density at radius 3 is 2.90 bits per heavy atom. The summed E-state index contributed by atoms with van der Waals surface area (Å²) in [4.78, 5) is 4.31. The average Bonchev–Trinajstić information content (AvgIpc) is 2.76. The van der Waals surface area contributed by atoms with Gasteiger partial charge in [-0.2, -0.15) is 0 Å². The van der Waals surface area contributed by atoms with Crippen LogP contribution in [0.2, 0.25) is 0 Å². The summed E-state index contributed by atoms with van der Waals surface area (Å²) in [5.41, 5.74) is 1.21. The minimum absolute atomic E-state index is 0.725. The third-order valence-electron chi connectivity index (χ3n) is 3.59. The van der Waals surface area contributed by atoms with Gasteiger partial charge in [0.15, 0.2) is 11.5 Å². The smallest absolute Gasteiger partial charge is 0.161 e. The Hall–Kier alpha value is -2.01. The monoisotopic (exact) mass is 287 g/mol. The highest BCUT2D eigenvalue weighted by atomic mass is 16.5. The van der Waals surface area contributed by atoms with Crippen molar-refractivity contribution in [1.29, 1.82) is 0 Å². The van der Waals surface area contributed by atoms with Crippen molar-refractivity contribution < 1.29 is 9.47 Å². The topological polar surface area (TPSA) is 48.3 Å². The Balaban J connectivity index is 1.51. The lowest BCUT2D eigenvalue weighted by Crippen LogP contribution is -2.18. The van der Waals surface area contributed by atoms with Gasteiger partial charge in [0.2, 0.25) is 0 Å². The lowest BCUT2D eigenvalue weighted by atomic mass is 10.2. The maximum Gasteiger partial charge on any atom is 0.161 e. The van der Waals surface area contributed by atoms with E-state index >= 15 is 0 Å². The first-order valence-corrected chi connectivity index (χ1v) is 7.38. The Kier molecular flexibility index (Phi) is 4.40. The third kappa shape index (κ3) is 3.55. The molecular weight excluding hydrogens is 266 g/mol. The first-order valence-electron chi connectivity index (χ1n) is 7.38. The minimum Gasteiger partial charge on any atom is -0.490 e. The molecule has 1 aliphatic rings. The summed E-state index contributed by atoms with van der Waals surface area (Å²) in [7, 11) is 2.02. The first-order chi connectivity index (χ1) is 10.3. The Morgan fingerprint density at radius 2 is 2.10 bits per heavy atom. The lowest BCUT2D eigenvalue weighted by Gasteiger charge is -2.10. The predicted octanol–water partition coefficient (Wildman–Crippen LogP) is 1.91. The van der Waals surface area contributed by atoms with Crippen molar-refractivity contribution in [1.82, 2.24) is 14.9 Å². The van der Waals surface area contributed by atoms with Crippen LogP contribution in [0.4, 0.5) is 0 Å². The molecule has 1 aliphatic heterocycles. The Bertz CT molecular complexity index is 595. The summed E-state index contributed by atoms with van der Waals surface area (Å²) in [6.45, 7) is 3.18.